The molecule has 1 heterocycles. The van der Waals surface area contributed by atoms with Crippen LogP contribution in [0.5, 0.6) is 11.5 Å². The standard InChI is InChI=1S/C16H15ClN4O2/c1-22-13-8-7-12(9-14(13)23-2)21-16(18)15(19-20-21)10-3-5-11(17)6-4-10/h3-9H,18H2,1-2H3. The number of ether oxygens (including phenoxy) is 2. The highest BCUT2D eigenvalue weighted by atomic mass is 35.5. The second kappa shape index (κ2) is 6.18. The van der Waals surface area contributed by atoms with E-state index < -0.39 is 0 Å². The molecule has 3 aromatic rings. The van der Waals surface area contributed by atoms with Crippen molar-refractivity contribution in [3.05, 3.63) is 47.5 Å². The Hall–Kier alpha value is -2.73. The molecule has 0 atom stereocenters. The summed E-state index contributed by atoms with van der Waals surface area (Å²) in [5.74, 6) is 1.65. The maximum atomic E-state index is 6.20. The van der Waals surface area contributed by atoms with Crippen molar-refractivity contribution in [3.8, 4) is 28.4 Å². The van der Waals surface area contributed by atoms with Crippen molar-refractivity contribution in [2.75, 3.05) is 20.0 Å². The summed E-state index contributed by atoms with van der Waals surface area (Å²) in [4.78, 5) is 0. The quantitative estimate of drug-likeness (QED) is 0.795. The van der Waals surface area contributed by atoms with Gasteiger partial charge in [0.1, 0.15) is 5.69 Å². The van der Waals surface area contributed by atoms with Crippen LogP contribution in [-0.2, 0) is 0 Å². The average Bonchev–Trinajstić information content (AvgIpc) is 2.96. The van der Waals surface area contributed by atoms with E-state index in [9.17, 15) is 0 Å². The molecular formula is C16H15ClN4O2. The van der Waals surface area contributed by atoms with E-state index in [4.69, 9.17) is 26.8 Å². The van der Waals surface area contributed by atoms with E-state index in [-0.39, 0.29) is 0 Å². The van der Waals surface area contributed by atoms with Crippen LogP contribution in [0.15, 0.2) is 42.5 Å². The van der Waals surface area contributed by atoms with E-state index in [1.54, 1.807) is 43.2 Å². The average molecular weight is 331 g/mol. The Morgan fingerprint density at radius 2 is 1.70 bits per heavy atom. The van der Waals surface area contributed by atoms with Crippen molar-refractivity contribution < 1.29 is 9.47 Å². The van der Waals surface area contributed by atoms with Crippen LogP contribution in [-0.4, -0.2) is 29.2 Å². The molecule has 2 aromatic carbocycles. The van der Waals surface area contributed by atoms with Gasteiger partial charge in [0, 0.05) is 16.7 Å². The Labute approximate surface area is 138 Å². The first-order valence-electron chi connectivity index (χ1n) is 6.83. The number of nitrogens with zero attached hydrogens (tertiary/aromatic N) is 3. The molecule has 7 heteroatoms. The molecule has 0 spiro atoms. The van der Waals surface area contributed by atoms with Crippen LogP contribution < -0.4 is 15.2 Å². The summed E-state index contributed by atoms with van der Waals surface area (Å²) in [5, 5.41) is 8.94. The van der Waals surface area contributed by atoms with E-state index >= 15 is 0 Å². The lowest BCUT2D eigenvalue weighted by atomic mass is 10.1. The Morgan fingerprint density at radius 1 is 1.00 bits per heavy atom. The predicted octanol–water partition coefficient (Wildman–Crippen LogP) is 3.19. The van der Waals surface area contributed by atoms with E-state index in [2.05, 4.69) is 10.3 Å². The molecule has 0 fully saturated rings. The molecule has 0 saturated carbocycles. The van der Waals surface area contributed by atoms with Gasteiger partial charge >= 0.3 is 0 Å². The van der Waals surface area contributed by atoms with Crippen LogP contribution in [0.25, 0.3) is 16.9 Å². The van der Waals surface area contributed by atoms with Crippen LogP contribution in [0.4, 0.5) is 5.82 Å². The SMILES string of the molecule is COc1ccc(-n2nnc(-c3ccc(Cl)cc3)c2N)cc1OC. The smallest absolute Gasteiger partial charge is 0.162 e. The first-order valence-corrected chi connectivity index (χ1v) is 7.21. The van der Waals surface area contributed by atoms with Crippen LogP contribution in [0.1, 0.15) is 0 Å². The fraction of sp³-hybridized carbons (Fsp3) is 0.125. The van der Waals surface area contributed by atoms with Crippen molar-refractivity contribution in [1.82, 2.24) is 15.0 Å². The third-order valence-corrected chi connectivity index (χ3v) is 3.69. The maximum Gasteiger partial charge on any atom is 0.162 e. The lowest BCUT2D eigenvalue weighted by molar-refractivity contribution is 0.354. The fourth-order valence-corrected chi connectivity index (χ4v) is 2.38. The first kappa shape index (κ1) is 15.2. The molecule has 0 bridgehead atoms. The van der Waals surface area contributed by atoms with Gasteiger partial charge < -0.3 is 15.2 Å². The zero-order valence-electron chi connectivity index (χ0n) is 12.7. The number of methoxy groups -OCH3 is 2. The molecule has 6 nitrogen and oxygen atoms in total. The molecule has 3 rings (SSSR count). The van der Waals surface area contributed by atoms with Crippen LogP contribution in [0.2, 0.25) is 5.02 Å². The highest BCUT2D eigenvalue weighted by molar-refractivity contribution is 6.30. The summed E-state index contributed by atoms with van der Waals surface area (Å²) in [6.45, 7) is 0. The Morgan fingerprint density at radius 3 is 2.35 bits per heavy atom. The largest absolute Gasteiger partial charge is 0.493 e. The van der Waals surface area contributed by atoms with Gasteiger partial charge in [-0.1, -0.05) is 28.9 Å². The van der Waals surface area contributed by atoms with E-state index in [0.29, 0.717) is 28.0 Å². The first-order chi connectivity index (χ1) is 11.1. The van der Waals surface area contributed by atoms with E-state index in [1.807, 2.05) is 18.2 Å². The summed E-state index contributed by atoms with van der Waals surface area (Å²) < 4.78 is 12.1. The molecule has 0 amide bonds. The van der Waals surface area contributed by atoms with Gasteiger partial charge in [-0.2, -0.15) is 4.68 Å². The van der Waals surface area contributed by atoms with E-state index in [0.717, 1.165) is 11.3 Å². The monoisotopic (exact) mass is 330 g/mol. The summed E-state index contributed by atoms with van der Waals surface area (Å²) >= 11 is 5.90. The Kier molecular flexibility index (Phi) is 4.08. The second-order valence-electron chi connectivity index (χ2n) is 4.78. The fourth-order valence-electron chi connectivity index (χ4n) is 2.25. The van der Waals surface area contributed by atoms with Gasteiger partial charge in [-0.25, -0.2) is 0 Å². The maximum absolute atomic E-state index is 6.20. The predicted molar refractivity (Wildman–Crippen MR) is 89.3 cm³/mol. The Balaban J connectivity index is 2.03. The topological polar surface area (TPSA) is 75.2 Å². The van der Waals surface area contributed by atoms with Crippen molar-refractivity contribution in [2.24, 2.45) is 0 Å². The van der Waals surface area contributed by atoms with Crippen molar-refractivity contribution in [1.29, 1.82) is 0 Å². The highest BCUT2D eigenvalue weighted by Gasteiger charge is 2.14. The molecule has 1 aromatic heterocycles. The van der Waals surface area contributed by atoms with Crippen LogP contribution in [0, 0.1) is 0 Å². The number of aromatic nitrogens is 3. The third-order valence-electron chi connectivity index (χ3n) is 3.43. The summed E-state index contributed by atoms with van der Waals surface area (Å²) in [6.07, 6.45) is 0. The molecule has 118 valence electrons. The molecule has 0 aliphatic rings. The number of hydrogen-bond acceptors (Lipinski definition) is 5. The van der Waals surface area contributed by atoms with Gasteiger partial charge in [-0.05, 0) is 24.3 Å². The van der Waals surface area contributed by atoms with Crippen molar-refractivity contribution >= 4 is 17.4 Å². The zero-order chi connectivity index (χ0) is 16.4. The van der Waals surface area contributed by atoms with Gasteiger partial charge in [0.2, 0.25) is 0 Å². The molecule has 0 saturated heterocycles. The molecule has 0 aliphatic carbocycles. The number of rotatable bonds is 4. The molecule has 23 heavy (non-hydrogen) atoms. The number of benzene rings is 2. The minimum Gasteiger partial charge on any atom is -0.493 e. The normalized spacial score (nSPS) is 10.6. The second-order valence-corrected chi connectivity index (χ2v) is 5.22. The number of nitrogen functional groups attached to an aromatic ring is 1. The minimum atomic E-state index is 0.430. The van der Waals surface area contributed by atoms with Gasteiger partial charge in [0.25, 0.3) is 0 Å². The molecule has 0 aliphatic heterocycles. The highest BCUT2D eigenvalue weighted by Crippen LogP contribution is 2.31. The Bertz CT molecular complexity index is 831. The van der Waals surface area contributed by atoms with Gasteiger partial charge in [-0.15, -0.1) is 5.10 Å². The summed E-state index contributed by atoms with van der Waals surface area (Å²) in [6, 6.07) is 12.7. The van der Waals surface area contributed by atoms with Crippen molar-refractivity contribution in [3.63, 3.8) is 0 Å². The molecule has 2 N–H and O–H groups in total. The van der Waals surface area contributed by atoms with Crippen molar-refractivity contribution in [2.45, 2.75) is 0 Å². The number of anilines is 1. The zero-order valence-corrected chi connectivity index (χ0v) is 13.4. The number of hydrogen-bond donors (Lipinski definition) is 1. The molecule has 0 unspecified atom stereocenters. The van der Waals surface area contributed by atoms with E-state index in [1.165, 1.54) is 0 Å². The van der Waals surface area contributed by atoms with Crippen LogP contribution >= 0.6 is 11.6 Å². The lowest BCUT2D eigenvalue weighted by Gasteiger charge is -2.10. The lowest BCUT2D eigenvalue weighted by Crippen LogP contribution is -2.03. The summed E-state index contributed by atoms with van der Waals surface area (Å²) in [7, 11) is 3.16. The van der Waals surface area contributed by atoms with Gasteiger partial charge in [0.05, 0.1) is 19.9 Å². The third kappa shape index (κ3) is 2.80. The van der Waals surface area contributed by atoms with Gasteiger partial charge in [-0.3, -0.25) is 0 Å². The number of halogens is 1. The summed E-state index contributed by atoms with van der Waals surface area (Å²) in [5.41, 5.74) is 8.37. The minimum absolute atomic E-state index is 0.430. The molecule has 0 radical (unpaired) electrons. The molecular weight excluding hydrogens is 316 g/mol. The number of nitrogens with two attached hydrogens (primary N) is 1. The van der Waals surface area contributed by atoms with Crippen LogP contribution in [0.3, 0.4) is 0 Å². The van der Waals surface area contributed by atoms with Gasteiger partial charge in [0.15, 0.2) is 17.3 Å².